The van der Waals surface area contributed by atoms with Gasteiger partial charge in [0.15, 0.2) is 0 Å². The van der Waals surface area contributed by atoms with Crippen LogP contribution in [0, 0.1) is 5.92 Å². The van der Waals surface area contributed by atoms with Gasteiger partial charge in [0.25, 0.3) is 5.91 Å². The molecule has 4 nitrogen and oxygen atoms in total. The summed E-state index contributed by atoms with van der Waals surface area (Å²) in [5.41, 5.74) is 5.87. The Labute approximate surface area is 199 Å². The molecule has 1 aliphatic heterocycles. The van der Waals surface area contributed by atoms with Gasteiger partial charge in [-0.05, 0) is 80.5 Å². The molecule has 1 heterocycles. The Bertz CT molecular complexity index is 971. The summed E-state index contributed by atoms with van der Waals surface area (Å²) in [7, 11) is 0. The first kappa shape index (κ1) is 23.4. The topological polar surface area (TPSA) is 35.6 Å². The van der Waals surface area contributed by atoms with E-state index in [-0.39, 0.29) is 11.9 Å². The first-order chi connectivity index (χ1) is 16.1. The second-order valence-corrected chi connectivity index (χ2v) is 9.33. The third-order valence-electron chi connectivity index (χ3n) is 7.26. The number of hydrogen-bond acceptors (Lipinski definition) is 3. The number of anilines is 2. The Hall–Kier alpha value is -2.75. The van der Waals surface area contributed by atoms with E-state index in [0.717, 1.165) is 56.7 Å². The lowest BCUT2D eigenvalue weighted by Crippen LogP contribution is -2.33. The zero-order valence-electron chi connectivity index (χ0n) is 20.7. The lowest BCUT2D eigenvalue weighted by Gasteiger charge is -2.38. The number of nitrogens with one attached hydrogen (secondary N) is 1. The zero-order valence-corrected chi connectivity index (χ0v) is 20.7. The second-order valence-electron chi connectivity index (χ2n) is 9.33. The van der Waals surface area contributed by atoms with Crippen molar-refractivity contribution in [3.63, 3.8) is 0 Å². The molecule has 0 fully saturated rings. The monoisotopic (exact) mass is 445 g/mol. The Morgan fingerprint density at radius 2 is 1.67 bits per heavy atom. The lowest BCUT2D eigenvalue weighted by molar-refractivity contribution is 0.0755. The van der Waals surface area contributed by atoms with Crippen LogP contribution in [0.2, 0.25) is 0 Å². The van der Waals surface area contributed by atoms with Crippen molar-refractivity contribution < 1.29 is 4.79 Å². The number of hydrogen-bond donors (Lipinski definition) is 1. The molecule has 4 rings (SSSR count). The maximum atomic E-state index is 13.2. The fourth-order valence-electron chi connectivity index (χ4n) is 5.58. The Morgan fingerprint density at radius 3 is 2.30 bits per heavy atom. The van der Waals surface area contributed by atoms with E-state index in [4.69, 9.17) is 0 Å². The number of fused-ring (bicyclic) bond motifs is 3. The Balaban J connectivity index is 1.60. The van der Waals surface area contributed by atoms with Crippen LogP contribution in [0.15, 0.2) is 54.6 Å². The van der Waals surface area contributed by atoms with Crippen molar-refractivity contribution in [1.82, 2.24) is 4.90 Å². The van der Waals surface area contributed by atoms with E-state index in [1.54, 1.807) is 0 Å². The predicted octanol–water partition coefficient (Wildman–Crippen LogP) is 6.62. The first-order valence-electron chi connectivity index (χ1n) is 12.8. The van der Waals surface area contributed by atoms with Crippen molar-refractivity contribution in [1.29, 1.82) is 0 Å². The third kappa shape index (κ3) is 4.66. The van der Waals surface area contributed by atoms with Crippen LogP contribution in [0.1, 0.15) is 80.4 Å². The van der Waals surface area contributed by atoms with Gasteiger partial charge in [0, 0.05) is 49.0 Å². The largest absolute Gasteiger partial charge is 0.378 e. The van der Waals surface area contributed by atoms with Gasteiger partial charge in [-0.15, -0.1) is 0 Å². The highest BCUT2D eigenvalue weighted by atomic mass is 16.2. The Morgan fingerprint density at radius 1 is 0.970 bits per heavy atom. The van der Waals surface area contributed by atoms with Gasteiger partial charge < -0.3 is 15.1 Å². The van der Waals surface area contributed by atoms with Crippen LogP contribution in [0.4, 0.5) is 11.4 Å². The fraction of sp³-hybridized carbons (Fsp3) is 0.483. The number of benzene rings is 2. The van der Waals surface area contributed by atoms with E-state index in [0.29, 0.717) is 11.8 Å². The van der Waals surface area contributed by atoms with Gasteiger partial charge in [-0.3, -0.25) is 4.79 Å². The quantitative estimate of drug-likeness (QED) is 0.441. The molecule has 33 heavy (non-hydrogen) atoms. The minimum Gasteiger partial charge on any atom is -0.378 e. The molecular weight excluding hydrogens is 406 g/mol. The lowest BCUT2D eigenvalue weighted by atomic mass is 9.76. The summed E-state index contributed by atoms with van der Waals surface area (Å²) in [6.07, 6.45) is 7.71. The van der Waals surface area contributed by atoms with Gasteiger partial charge in [0.2, 0.25) is 0 Å². The molecule has 3 atom stereocenters. The minimum atomic E-state index is 0.161. The number of amides is 1. The molecule has 176 valence electrons. The van der Waals surface area contributed by atoms with Gasteiger partial charge in [0.1, 0.15) is 0 Å². The third-order valence-corrected chi connectivity index (χ3v) is 7.26. The van der Waals surface area contributed by atoms with Crippen LogP contribution in [0.25, 0.3) is 0 Å². The van der Waals surface area contributed by atoms with Gasteiger partial charge in [0.05, 0.1) is 6.04 Å². The standard InChI is InChI=1S/C29H39N3O/c1-5-18-32(19-6-2)29(33)22-14-17-27-26(20-22)24-10-9-11-25(24)28(30-27)21-12-15-23(16-13-21)31(7-3)8-4/h9-10,12-17,20,24-25,28,30H,5-8,11,18-19H2,1-4H3. The maximum Gasteiger partial charge on any atom is 0.253 e. The molecule has 2 aromatic carbocycles. The molecule has 1 N–H and O–H groups in total. The number of rotatable bonds is 9. The highest BCUT2D eigenvalue weighted by molar-refractivity contribution is 5.95. The fourth-order valence-corrected chi connectivity index (χ4v) is 5.58. The van der Waals surface area contributed by atoms with Crippen LogP contribution < -0.4 is 10.2 Å². The summed E-state index contributed by atoms with van der Waals surface area (Å²) in [5, 5.41) is 3.83. The molecule has 0 spiro atoms. The first-order valence-corrected chi connectivity index (χ1v) is 12.8. The van der Waals surface area contributed by atoms with E-state index in [1.807, 2.05) is 11.0 Å². The van der Waals surface area contributed by atoms with Gasteiger partial charge in [-0.1, -0.05) is 38.1 Å². The normalized spacial score (nSPS) is 20.7. The van der Waals surface area contributed by atoms with E-state index in [2.05, 4.69) is 86.5 Å². The van der Waals surface area contributed by atoms with E-state index in [1.165, 1.54) is 16.8 Å². The summed E-state index contributed by atoms with van der Waals surface area (Å²) < 4.78 is 0. The average molecular weight is 446 g/mol. The van der Waals surface area contributed by atoms with Crippen molar-refractivity contribution in [2.45, 2.75) is 58.9 Å². The molecule has 2 aromatic rings. The summed E-state index contributed by atoms with van der Waals surface area (Å²) in [4.78, 5) is 17.6. The van der Waals surface area contributed by atoms with Crippen LogP contribution in [0.5, 0.6) is 0 Å². The summed E-state index contributed by atoms with van der Waals surface area (Å²) >= 11 is 0. The van der Waals surface area contributed by atoms with Crippen molar-refractivity contribution in [3.8, 4) is 0 Å². The molecule has 2 aliphatic rings. The molecular formula is C29H39N3O. The highest BCUT2D eigenvalue weighted by Crippen LogP contribution is 2.50. The molecule has 0 aromatic heterocycles. The smallest absolute Gasteiger partial charge is 0.253 e. The van der Waals surface area contributed by atoms with E-state index in [9.17, 15) is 4.79 Å². The zero-order chi connectivity index (χ0) is 23.4. The number of allylic oxidation sites excluding steroid dienone is 2. The summed E-state index contributed by atoms with van der Waals surface area (Å²) in [5.74, 6) is 0.992. The second kappa shape index (κ2) is 10.5. The highest BCUT2D eigenvalue weighted by Gasteiger charge is 2.38. The van der Waals surface area contributed by atoms with E-state index >= 15 is 0 Å². The average Bonchev–Trinajstić information content (AvgIpc) is 3.34. The van der Waals surface area contributed by atoms with Crippen molar-refractivity contribution in [3.05, 3.63) is 71.3 Å². The Kier molecular flexibility index (Phi) is 7.42. The van der Waals surface area contributed by atoms with Gasteiger partial charge in [-0.25, -0.2) is 0 Å². The van der Waals surface area contributed by atoms with Crippen molar-refractivity contribution in [2.75, 3.05) is 36.4 Å². The molecule has 1 amide bonds. The molecule has 1 aliphatic carbocycles. The number of nitrogens with zero attached hydrogens (tertiary/aromatic N) is 2. The number of carbonyl (C=O) groups excluding carboxylic acids is 1. The van der Waals surface area contributed by atoms with Crippen LogP contribution in [0.3, 0.4) is 0 Å². The molecule has 3 unspecified atom stereocenters. The number of carbonyl (C=O) groups is 1. The molecule has 0 saturated heterocycles. The minimum absolute atomic E-state index is 0.161. The SMILES string of the molecule is CCCN(CCC)C(=O)c1ccc2c(c1)C1C=CCC1C(c1ccc(N(CC)CC)cc1)N2. The molecule has 4 heteroatoms. The molecule has 0 radical (unpaired) electrons. The van der Waals surface area contributed by atoms with Crippen LogP contribution in [-0.4, -0.2) is 37.0 Å². The van der Waals surface area contributed by atoms with Crippen LogP contribution in [-0.2, 0) is 0 Å². The van der Waals surface area contributed by atoms with Gasteiger partial charge >= 0.3 is 0 Å². The summed E-state index contributed by atoms with van der Waals surface area (Å²) in [6, 6.07) is 15.7. The molecule has 0 bridgehead atoms. The summed E-state index contributed by atoms with van der Waals surface area (Å²) in [6.45, 7) is 12.4. The maximum absolute atomic E-state index is 13.2. The van der Waals surface area contributed by atoms with Gasteiger partial charge in [-0.2, -0.15) is 0 Å². The predicted molar refractivity (Wildman–Crippen MR) is 139 cm³/mol. The van der Waals surface area contributed by atoms with Crippen molar-refractivity contribution in [2.24, 2.45) is 5.92 Å². The molecule has 0 saturated carbocycles. The van der Waals surface area contributed by atoms with E-state index < -0.39 is 0 Å². The van der Waals surface area contributed by atoms with Crippen molar-refractivity contribution >= 4 is 17.3 Å². The van der Waals surface area contributed by atoms with Crippen LogP contribution >= 0.6 is 0 Å².